The van der Waals surface area contributed by atoms with E-state index >= 15 is 0 Å². The molecule has 1 aliphatic carbocycles. The van der Waals surface area contributed by atoms with Gasteiger partial charge in [-0.25, -0.2) is 0 Å². The smallest absolute Gasteiger partial charge is 0.309 e. The number of hydrogen-bond donors (Lipinski definition) is 2. The standard InChI is InChI=1S/C22H30N2O3/c25-20(23-14-11-18-7-3-1-4-8-18)21(26)24-17-22(12-15-27-16-13-22)19-9-5-2-6-10-19/h2,5-7,9-10H,1,3-4,8,11-17H2,(H,23,25)(H,24,26). The lowest BCUT2D eigenvalue weighted by molar-refractivity contribution is -0.139. The summed E-state index contributed by atoms with van der Waals surface area (Å²) >= 11 is 0. The lowest BCUT2D eigenvalue weighted by atomic mass is 9.74. The van der Waals surface area contributed by atoms with Crippen LogP contribution in [0.4, 0.5) is 0 Å². The molecular formula is C22H30N2O3. The SMILES string of the molecule is O=C(NCCC1=CCCCC1)C(=O)NCC1(c2ccccc2)CCOCC1. The minimum atomic E-state index is -0.547. The first-order valence-corrected chi connectivity index (χ1v) is 10.1. The van der Waals surface area contributed by atoms with Gasteiger partial charge in [0.1, 0.15) is 0 Å². The topological polar surface area (TPSA) is 67.4 Å². The second-order valence-electron chi connectivity index (χ2n) is 7.56. The Kier molecular flexibility index (Phi) is 7.04. The first kappa shape index (κ1) is 19.6. The van der Waals surface area contributed by atoms with Crippen molar-refractivity contribution >= 4 is 11.8 Å². The Morgan fingerprint density at radius 3 is 2.44 bits per heavy atom. The van der Waals surface area contributed by atoms with Gasteiger partial charge in [0, 0.05) is 31.7 Å². The molecule has 1 aliphatic heterocycles. The van der Waals surface area contributed by atoms with Crippen molar-refractivity contribution < 1.29 is 14.3 Å². The molecule has 1 saturated heterocycles. The number of carbonyl (C=O) groups excluding carboxylic acids is 2. The van der Waals surface area contributed by atoms with Gasteiger partial charge in [0.05, 0.1) is 0 Å². The predicted molar refractivity (Wildman–Crippen MR) is 105 cm³/mol. The molecule has 2 aliphatic rings. The normalized spacial score (nSPS) is 19.0. The molecule has 3 rings (SSSR count). The van der Waals surface area contributed by atoms with Gasteiger partial charge in [0.2, 0.25) is 0 Å². The number of nitrogens with one attached hydrogen (secondary N) is 2. The van der Waals surface area contributed by atoms with E-state index in [4.69, 9.17) is 4.74 Å². The average molecular weight is 370 g/mol. The highest BCUT2D eigenvalue weighted by atomic mass is 16.5. The van der Waals surface area contributed by atoms with Crippen LogP contribution in [-0.2, 0) is 19.7 Å². The summed E-state index contributed by atoms with van der Waals surface area (Å²) in [6.45, 7) is 2.33. The number of amides is 2. The van der Waals surface area contributed by atoms with Crippen LogP contribution in [0.5, 0.6) is 0 Å². The van der Waals surface area contributed by atoms with Gasteiger partial charge < -0.3 is 15.4 Å². The summed E-state index contributed by atoms with van der Waals surface area (Å²) in [4.78, 5) is 24.4. The van der Waals surface area contributed by atoms with Crippen molar-refractivity contribution in [1.82, 2.24) is 10.6 Å². The summed E-state index contributed by atoms with van der Waals surface area (Å²) in [5.74, 6) is -1.09. The third kappa shape index (κ3) is 5.42. The molecule has 1 heterocycles. The molecule has 27 heavy (non-hydrogen) atoms. The largest absolute Gasteiger partial charge is 0.381 e. The van der Waals surface area contributed by atoms with E-state index in [2.05, 4.69) is 28.8 Å². The summed E-state index contributed by atoms with van der Waals surface area (Å²) < 4.78 is 5.51. The van der Waals surface area contributed by atoms with E-state index in [1.165, 1.54) is 24.0 Å². The Hall–Kier alpha value is -2.14. The molecule has 2 amide bonds. The molecule has 5 heteroatoms. The van der Waals surface area contributed by atoms with E-state index in [0.717, 1.165) is 32.1 Å². The molecule has 146 valence electrons. The van der Waals surface area contributed by atoms with Crippen LogP contribution < -0.4 is 10.6 Å². The zero-order valence-corrected chi connectivity index (χ0v) is 16.0. The second kappa shape index (κ2) is 9.70. The van der Waals surface area contributed by atoms with Crippen LogP contribution in [0.3, 0.4) is 0 Å². The lowest BCUT2D eigenvalue weighted by Gasteiger charge is -2.37. The monoisotopic (exact) mass is 370 g/mol. The van der Waals surface area contributed by atoms with E-state index in [9.17, 15) is 9.59 Å². The number of rotatable bonds is 6. The lowest BCUT2D eigenvalue weighted by Crippen LogP contribution is -2.48. The summed E-state index contributed by atoms with van der Waals surface area (Å²) in [7, 11) is 0. The van der Waals surface area contributed by atoms with Crippen molar-refractivity contribution in [2.75, 3.05) is 26.3 Å². The van der Waals surface area contributed by atoms with E-state index < -0.39 is 11.8 Å². The van der Waals surface area contributed by atoms with Gasteiger partial charge >= 0.3 is 11.8 Å². The first-order valence-electron chi connectivity index (χ1n) is 10.1. The third-order valence-corrected chi connectivity index (χ3v) is 5.75. The Morgan fingerprint density at radius 2 is 1.74 bits per heavy atom. The fourth-order valence-electron chi connectivity index (χ4n) is 4.00. The summed E-state index contributed by atoms with van der Waals surface area (Å²) in [6, 6.07) is 10.2. The molecule has 0 spiro atoms. The van der Waals surface area contributed by atoms with Gasteiger partial charge in [-0.1, -0.05) is 42.0 Å². The molecule has 0 atom stereocenters. The van der Waals surface area contributed by atoms with Crippen molar-refractivity contribution in [3.05, 3.63) is 47.5 Å². The molecule has 5 nitrogen and oxygen atoms in total. The molecule has 2 N–H and O–H groups in total. The Bertz CT molecular complexity index is 663. The Morgan fingerprint density at radius 1 is 1.00 bits per heavy atom. The van der Waals surface area contributed by atoms with Crippen molar-refractivity contribution in [3.63, 3.8) is 0 Å². The summed E-state index contributed by atoms with van der Waals surface area (Å²) in [5.41, 5.74) is 2.42. The number of benzene rings is 1. The van der Waals surface area contributed by atoms with Crippen molar-refractivity contribution in [1.29, 1.82) is 0 Å². The first-order chi connectivity index (χ1) is 13.2. The fourth-order valence-corrected chi connectivity index (χ4v) is 4.00. The molecule has 1 fully saturated rings. The zero-order chi connectivity index (χ0) is 19.0. The van der Waals surface area contributed by atoms with Gasteiger partial charge in [-0.05, 0) is 50.5 Å². The van der Waals surface area contributed by atoms with Crippen LogP contribution in [0.1, 0.15) is 50.5 Å². The highest BCUT2D eigenvalue weighted by Gasteiger charge is 2.35. The van der Waals surface area contributed by atoms with Crippen molar-refractivity contribution in [3.8, 4) is 0 Å². The highest BCUT2D eigenvalue weighted by Crippen LogP contribution is 2.34. The fraction of sp³-hybridized carbons (Fsp3) is 0.545. The second-order valence-corrected chi connectivity index (χ2v) is 7.56. The minimum Gasteiger partial charge on any atom is -0.381 e. The maximum absolute atomic E-state index is 12.3. The molecule has 0 saturated carbocycles. The van der Waals surface area contributed by atoms with Crippen molar-refractivity contribution in [2.24, 2.45) is 0 Å². The maximum atomic E-state index is 12.3. The average Bonchev–Trinajstić information content (AvgIpc) is 2.74. The third-order valence-electron chi connectivity index (χ3n) is 5.75. The van der Waals surface area contributed by atoms with Gasteiger partial charge in [-0.2, -0.15) is 0 Å². The highest BCUT2D eigenvalue weighted by molar-refractivity contribution is 6.35. The molecular weight excluding hydrogens is 340 g/mol. The van der Waals surface area contributed by atoms with E-state index in [0.29, 0.717) is 26.3 Å². The van der Waals surface area contributed by atoms with Crippen LogP contribution in [0.15, 0.2) is 42.0 Å². The van der Waals surface area contributed by atoms with Gasteiger partial charge in [0.25, 0.3) is 0 Å². The molecule has 0 bridgehead atoms. The number of carbonyl (C=O) groups is 2. The van der Waals surface area contributed by atoms with Crippen LogP contribution >= 0.6 is 0 Å². The summed E-state index contributed by atoms with van der Waals surface area (Å²) in [5, 5.41) is 5.61. The van der Waals surface area contributed by atoms with Gasteiger partial charge in [-0.3, -0.25) is 9.59 Å². The quantitative estimate of drug-likeness (QED) is 0.598. The molecule has 1 aromatic rings. The maximum Gasteiger partial charge on any atom is 0.309 e. The van der Waals surface area contributed by atoms with Gasteiger partial charge in [0.15, 0.2) is 0 Å². The van der Waals surface area contributed by atoms with E-state index in [-0.39, 0.29) is 5.41 Å². The van der Waals surface area contributed by atoms with E-state index in [1.807, 2.05) is 18.2 Å². The van der Waals surface area contributed by atoms with Crippen LogP contribution in [0, 0.1) is 0 Å². The predicted octanol–water partition coefficient (Wildman–Crippen LogP) is 2.86. The molecule has 0 aromatic heterocycles. The number of ether oxygens (including phenoxy) is 1. The van der Waals surface area contributed by atoms with Gasteiger partial charge in [-0.15, -0.1) is 0 Å². The van der Waals surface area contributed by atoms with Crippen LogP contribution in [-0.4, -0.2) is 38.1 Å². The molecule has 1 aromatic carbocycles. The number of hydrogen-bond acceptors (Lipinski definition) is 3. The van der Waals surface area contributed by atoms with E-state index in [1.54, 1.807) is 0 Å². The number of allylic oxidation sites excluding steroid dienone is 1. The zero-order valence-electron chi connectivity index (χ0n) is 16.0. The van der Waals surface area contributed by atoms with Crippen LogP contribution in [0.2, 0.25) is 0 Å². The van der Waals surface area contributed by atoms with Crippen molar-refractivity contribution in [2.45, 2.75) is 50.4 Å². The molecule has 0 radical (unpaired) electrons. The van der Waals surface area contributed by atoms with Crippen LogP contribution in [0.25, 0.3) is 0 Å². The summed E-state index contributed by atoms with van der Waals surface area (Å²) in [6.07, 6.45) is 9.52. The Labute approximate surface area is 161 Å². The minimum absolute atomic E-state index is 0.164. The Balaban J connectivity index is 1.50. The molecule has 0 unspecified atom stereocenters.